The number of amides is 1. The van der Waals surface area contributed by atoms with E-state index in [9.17, 15) is 4.79 Å². The maximum absolute atomic E-state index is 11.9. The van der Waals surface area contributed by atoms with Crippen LogP contribution < -0.4 is 11.1 Å². The summed E-state index contributed by atoms with van der Waals surface area (Å²) >= 11 is 0. The maximum atomic E-state index is 11.9. The second kappa shape index (κ2) is 4.25. The molecule has 96 valence electrons. The van der Waals surface area contributed by atoms with Gasteiger partial charge in [-0.1, -0.05) is 0 Å². The van der Waals surface area contributed by atoms with Gasteiger partial charge in [-0.15, -0.1) is 0 Å². The summed E-state index contributed by atoms with van der Waals surface area (Å²) in [6.07, 6.45) is 5.97. The Balaban J connectivity index is 1.41. The zero-order valence-electron chi connectivity index (χ0n) is 10.5. The summed E-state index contributed by atoms with van der Waals surface area (Å²) in [4.78, 5) is 14.5. The molecule has 3 N–H and O–H groups in total. The van der Waals surface area contributed by atoms with E-state index in [1.54, 1.807) is 0 Å². The van der Waals surface area contributed by atoms with Crippen LogP contribution in [0.25, 0.3) is 0 Å². The first-order valence-electron chi connectivity index (χ1n) is 6.96. The SMILES string of the molecule is NCC1(C(=O)NCC2CCN(C3CC3)C2)CC1. The van der Waals surface area contributed by atoms with E-state index in [2.05, 4.69) is 10.2 Å². The van der Waals surface area contributed by atoms with Gasteiger partial charge < -0.3 is 16.0 Å². The van der Waals surface area contributed by atoms with E-state index >= 15 is 0 Å². The Hall–Kier alpha value is -0.610. The Bertz CT molecular complexity index is 310. The number of nitrogens with two attached hydrogens (primary N) is 1. The lowest BCUT2D eigenvalue weighted by molar-refractivity contribution is -0.126. The molecular formula is C13H23N3O. The summed E-state index contributed by atoms with van der Waals surface area (Å²) in [5.74, 6) is 0.859. The fourth-order valence-electron chi connectivity index (χ4n) is 2.90. The number of hydrogen-bond donors (Lipinski definition) is 2. The molecule has 0 radical (unpaired) electrons. The first kappa shape index (κ1) is 11.5. The van der Waals surface area contributed by atoms with E-state index in [0.29, 0.717) is 12.5 Å². The number of rotatable bonds is 5. The number of nitrogens with zero attached hydrogens (tertiary/aromatic N) is 1. The minimum absolute atomic E-state index is 0.186. The van der Waals surface area contributed by atoms with Gasteiger partial charge in [0.25, 0.3) is 0 Å². The third kappa shape index (κ3) is 2.33. The zero-order valence-corrected chi connectivity index (χ0v) is 10.5. The van der Waals surface area contributed by atoms with Gasteiger partial charge in [0.1, 0.15) is 0 Å². The van der Waals surface area contributed by atoms with Crippen molar-refractivity contribution in [1.29, 1.82) is 0 Å². The summed E-state index contributed by atoms with van der Waals surface area (Å²) in [6.45, 7) is 3.77. The molecule has 0 aromatic rings. The van der Waals surface area contributed by atoms with Gasteiger partial charge in [0.2, 0.25) is 5.91 Å². The Morgan fingerprint density at radius 3 is 2.71 bits per heavy atom. The van der Waals surface area contributed by atoms with Crippen molar-refractivity contribution in [3.63, 3.8) is 0 Å². The molecule has 4 heteroatoms. The minimum Gasteiger partial charge on any atom is -0.355 e. The first-order chi connectivity index (χ1) is 8.23. The minimum atomic E-state index is -0.186. The molecule has 0 aromatic heterocycles. The monoisotopic (exact) mass is 237 g/mol. The molecule has 3 rings (SSSR count). The molecule has 17 heavy (non-hydrogen) atoms. The van der Waals surface area contributed by atoms with Crippen LogP contribution in [0.4, 0.5) is 0 Å². The molecule has 3 aliphatic rings. The standard InChI is InChI=1S/C13H23N3O/c14-9-13(4-5-13)12(17)15-7-10-3-6-16(8-10)11-1-2-11/h10-11H,1-9,14H2,(H,15,17). The van der Waals surface area contributed by atoms with Crippen LogP contribution in [-0.4, -0.2) is 43.0 Å². The number of nitrogens with one attached hydrogen (secondary N) is 1. The van der Waals surface area contributed by atoms with Crippen LogP contribution in [0, 0.1) is 11.3 Å². The predicted octanol–water partition coefficient (Wildman–Crippen LogP) is 0.326. The fraction of sp³-hybridized carbons (Fsp3) is 0.923. The van der Waals surface area contributed by atoms with Crippen molar-refractivity contribution in [3.8, 4) is 0 Å². The molecule has 1 aliphatic heterocycles. The summed E-state index contributed by atoms with van der Waals surface area (Å²) in [5, 5.41) is 3.11. The van der Waals surface area contributed by atoms with Crippen molar-refractivity contribution in [1.82, 2.24) is 10.2 Å². The molecule has 2 aliphatic carbocycles. The lowest BCUT2D eigenvalue weighted by Crippen LogP contribution is -2.39. The van der Waals surface area contributed by atoms with Gasteiger partial charge in [0, 0.05) is 25.7 Å². The van der Waals surface area contributed by atoms with E-state index in [1.165, 1.54) is 32.4 Å². The topological polar surface area (TPSA) is 58.4 Å². The first-order valence-corrected chi connectivity index (χ1v) is 6.96. The molecule has 1 heterocycles. The van der Waals surface area contributed by atoms with Crippen molar-refractivity contribution >= 4 is 5.91 Å². The molecule has 1 saturated heterocycles. The molecule has 0 spiro atoms. The quantitative estimate of drug-likeness (QED) is 0.724. The molecule has 1 atom stereocenters. The number of carbonyl (C=O) groups excluding carboxylic acids is 1. The number of carbonyl (C=O) groups is 1. The van der Waals surface area contributed by atoms with Gasteiger partial charge in [0.15, 0.2) is 0 Å². The Kier molecular flexibility index (Phi) is 2.87. The smallest absolute Gasteiger partial charge is 0.227 e. The highest BCUT2D eigenvalue weighted by Crippen LogP contribution is 2.44. The lowest BCUT2D eigenvalue weighted by atomic mass is 10.1. The lowest BCUT2D eigenvalue weighted by Gasteiger charge is -2.17. The normalized spacial score (nSPS) is 31.5. The van der Waals surface area contributed by atoms with E-state index in [4.69, 9.17) is 5.73 Å². The van der Waals surface area contributed by atoms with Gasteiger partial charge in [-0.25, -0.2) is 0 Å². The molecule has 2 saturated carbocycles. The molecule has 1 amide bonds. The van der Waals surface area contributed by atoms with Crippen molar-refractivity contribution in [2.75, 3.05) is 26.2 Å². The van der Waals surface area contributed by atoms with Crippen molar-refractivity contribution < 1.29 is 4.79 Å². The number of likely N-dealkylation sites (tertiary alicyclic amines) is 1. The highest BCUT2D eigenvalue weighted by molar-refractivity contribution is 5.85. The van der Waals surface area contributed by atoms with Crippen molar-refractivity contribution in [3.05, 3.63) is 0 Å². The average Bonchev–Trinajstić information content (AvgIpc) is 3.25. The Labute approximate surface area is 103 Å². The summed E-state index contributed by atoms with van der Waals surface area (Å²) in [6, 6.07) is 0.870. The van der Waals surface area contributed by atoms with E-state index in [0.717, 1.165) is 25.4 Å². The third-order valence-electron chi connectivity index (χ3n) is 4.66. The van der Waals surface area contributed by atoms with Gasteiger partial charge in [-0.05, 0) is 44.6 Å². The highest BCUT2D eigenvalue weighted by Gasteiger charge is 2.48. The largest absolute Gasteiger partial charge is 0.355 e. The van der Waals surface area contributed by atoms with E-state index < -0.39 is 0 Å². The molecule has 4 nitrogen and oxygen atoms in total. The van der Waals surface area contributed by atoms with Gasteiger partial charge in [-0.3, -0.25) is 4.79 Å². The predicted molar refractivity (Wildman–Crippen MR) is 66.4 cm³/mol. The molecular weight excluding hydrogens is 214 g/mol. The summed E-state index contributed by atoms with van der Waals surface area (Å²) in [7, 11) is 0. The molecule has 3 fully saturated rings. The van der Waals surface area contributed by atoms with Crippen molar-refractivity contribution in [2.24, 2.45) is 17.1 Å². The van der Waals surface area contributed by atoms with E-state index in [1.807, 2.05) is 0 Å². The molecule has 0 bridgehead atoms. The van der Waals surface area contributed by atoms with E-state index in [-0.39, 0.29) is 11.3 Å². The second-order valence-corrected chi connectivity index (χ2v) is 6.08. The highest BCUT2D eigenvalue weighted by atomic mass is 16.2. The van der Waals surface area contributed by atoms with Gasteiger partial charge in [0.05, 0.1) is 5.41 Å². The molecule has 0 aromatic carbocycles. The Morgan fingerprint density at radius 1 is 1.35 bits per heavy atom. The second-order valence-electron chi connectivity index (χ2n) is 6.08. The third-order valence-corrected chi connectivity index (χ3v) is 4.66. The van der Waals surface area contributed by atoms with Crippen LogP contribution in [0.5, 0.6) is 0 Å². The van der Waals surface area contributed by atoms with Gasteiger partial charge >= 0.3 is 0 Å². The molecule has 1 unspecified atom stereocenters. The average molecular weight is 237 g/mol. The fourth-order valence-corrected chi connectivity index (χ4v) is 2.90. The summed E-state index contributed by atoms with van der Waals surface area (Å²) in [5.41, 5.74) is 5.47. The van der Waals surface area contributed by atoms with Gasteiger partial charge in [-0.2, -0.15) is 0 Å². The van der Waals surface area contributed by atoms with Crippen LogP contribution in [-0.2, 0) is 4.79 Å². The van der Waals surface area contributed by atoms with Crippen LogP contribution in [0.3, 0.4) is 0 Å². The van der Waals surface area contributed by atoms with Crippen molar-refractivity contribution in [2.45, 2.75) is 38.1 Å². The van der Waals surface area contributed by atoms with Crippen LogP contribution >= 0.6 is 0 Å². The maximum Gasteiger partial charge on any atom is 0.227 e. The Morgan fingerprint density at radius 2 is 2.12 bits per heavy atom. The number of hydrogen-bond acceptors (Lipinski definition) is 3. The van der Waals surface area contributed by atoms with Crippen LogP contribution in [0.15, 0.2) is 0 Å². The summed E-state index contributed by atoms with van der Waals surface area (Å²) < 4.78 is 0. The van der Waals surface area contributed by atoms with Crippen LogP contribution in [0.1, 0.15) is 32.1 Å². The van der Waals surface area contributed by atoms with Crippen LogP contribution in [0.2, 0.25) is 0 Å². The zero-order chi connectivity index (χ0) is 11.9.